The van der Waals surface area contributed by atoms with Crippen molar-refractivity contribution >= 4 is 12.7 Å². The van der Waals surface area contributed by atoms with Crippen LogP contribution in [0.15, 0.2) is 24.7 Å². The summed E-state index contributed by atoms with van der Waals surface area (Å²) in [7, 11) is 1.49. The summed E-state index contributed by atoms with van der Waals surface area (Å²) in [6.45, 7) is 8.85. The maximum atomic E-state index is 6.00. The van der Waals surface area contributed by atoms with Gasteiger partial charge in [-0.3, -0.25) is 9.36 Å². The fourth-order valence-corrected chi connectivity index (χ4v) is 2.30. The lowest BCUT2D eigenvalue weighted by molar-refractivity contribution is 0.00578. The third-order valence-corrected chi connectivity index (χ3v) is 4.26. The van der Waals surface area contributed by atoms with Gasteiger partial charge in [-0.15, -0.1) is 0 Å². The Labute approximate surface area is 125 Å². The van der Waals surface area contributed by atoms with E-state index in [0.29, 0.717) is 6.54 Å². The van der Waals surface area contributed by atoms with E-state index >= 15 is 0 Å². The molecule has 0 atom stereocenters. The minimum absolute atomic E-state index is 0.342. The molecule has 3 rings (SSSR count). The van der Waals surface area contributed by atoms with Crippen LogP contribution >= 0.6 is 0 Å². The van der Waals surface area contributed by atoms with Crippen molar-refractivity contribution in [2.24, 2.45) is 7.05 Å². The number of rotatable bonds is 3. The summed E-state index contributed by atoms with van der Waals surface area (Å²) < 4.78 is 15.7. The Morgan fingerprint density at radius 2 is 1.86 bits per heavy atom. The van der Waals surface area contributed by atoms with Crippen molar-refractivity contribution in [2.75, 3.05) is 0 Å². The summed E-state index contributed by atoms with van der Waals surface area (Å²) in [6.07, 6.45) is 5.76. The third kappa shape index (κ3) is 2.63. The second kappa shape index (κ2) is 4.71. The van der Waals surface area contributed by atoms with E-state index in [1.165, 1.54) is 0 Å². The van der Waals surface area contributed by atoms with E-state index in [0.717, 1.165) is 11.2 Å². The van der Waals surface area contributed by atoms with Crippen molar-refractivity contribution in [3.8, 4) is 0 Å². The van der Waals surface area contributed by atoms with Crippen LogP contribution in [0.4, 0.5) is 0 Å². The van der Waals surface area contributed by atoms with Crippen molar-refractivity contribution in [3.63, 3.8) is 0 Å². The van der Waals surface area contributed by atoms with Gasteiger partial charge in [-0.2, -0.15) is 10.2 Å². The van der Waals surface area contributed by atoms with E-state index in [1.807, 2.05) is 64.1 Å². The Morgan fingerprint density at radius 3 is 2.43 bits per heavy atom. The largest absolute Gasteiger partial charge is 0.516 e. The Hall–Kier alpha value is -1.60. The lowest BCUT2D eigenvalue weighted by atomic mass is 9.85. The highest BCUT2D eigenvalue weighted by Crippen LogP contribution is 2.36. The third-order valence-electron chi connectivity index (χ3n) is 4.26. The maximum Gasteiger partial charge on any atom is 0.516 e. The lowest BCUT2D eigenvalue weighted by Gasteiger charge is -2.32. The predicted molar refractivity (Wildman–Crippen MR) is 80.3 cm³/mol. The summed E-state index contributed by atoms with van der Waals surface area (Å²) in [5, 5.41) is 8.72. The highest BCUT2D eigenvalue weighted by Gasteiger charge is 2.52. The summed E-state index contributed by atoms with van der Waals surface area (Å²) >= 11 is 0. The van der Waals surface area contributed by atoms with Crippen LogP contribution in [-0.4, -0.2) is 37.9 Å². The minimum atomic E-state index is -0.412. The molecule has 112 valence electrons. The number of nitrogens with zero attached hydrogens (tertiary/aromatic N) is 4. The van der Waals surface area contributed by atoms with Gasteiger partial charge in [0.1, 0.15) is 0 Å². The van der Waals surface area contributed by atoms with Gasteiger partial charge in [0.25, 0.3) is 0 Å². The van der Waals surface area contributed by atoms with Gasteiger partial charge in [-0.1, -0.05) is 0 Å². The molecule has 0 N–H and O–H groups in total. The molecule has 1 saturated heterocycles. The molecule has 0 spiro atoms. The Bertz CT molecular complexity index is 631. The molecule has 3 heterocycles. The van der Waals surface area contributed by atoms with Crippen LogP contribution in [0.5, 0.6) is 0 Å². The zero-order valence-electron chi connectivity index (χ0n) is 13.2. The standard InChI is InChI=1S/C14H21BN4O2/c1-13(2)14(3,4)21-15(20-13)12-6-7-19(17-12)10-11-8-16-18(5)9-11/h6-9H,10H2,1-5H3. The van der Waals surface area contributed by atoms with Gasteiger partial charge in [0, 0.05) is 25.0 Å². The molecule has 6 nitrogen and oxygen atoms in total. The SMILES string of the molecule is Cn1cc(Cn2ccc(B3OC(C)(C)C(C)(C)O3)n2)cn1. The molecule has 2 aromatic rings. The average molecular weight is 288 g/mol. The fraction of sp³-hybridized carbons (Fsp3) is 0.571. The molecule has 0 bridgehead atoms. The van der Waals surface area contributed by atoms with Crippen molar-refractivity contribution in [3.05, 3.63) is 30.2 Å². The molecule has 1 aliphatic rings. The molecule has 1 aliphatic heterocycles. The molecular formula is C14H21BN4O2. The first-order valence-electron chi connectivity index (χ1n) is 7.13. The molecular weight excluding hydrogens is 267 g/mol. The lowest BCUT2D eigenvalue weighted by Crippen LogP contribution is -2.41. The van der Waals surface area contributed by atoms with Crippen LogP contribution in [0.1, 0.15) is 33.3 Å². The van der Waals surface area contributed by atoms with Crippen LogP contribution in [0.3, 0.4) is 0 Å². The van der Waals surface area contributed by atoms with Crippen LogP contribution in [0, 0.1) is 0 Å². The topological polar surface area (TPSA) is 54.1 Å². The van der Waals surface area contributed by atoms with Gasteiger partial charge >= 0.3 is 7.12 Å². The average Bonchev–Trinajstić information content (AvgIpc) is 3.01. The number of hydrogen-bond acceptors (Lipinski definition) is 4. The maximum absolute atomic E-state index is 6.00. The van der Waals surface area contributed by atoms with Crippen molar-refractivity contribution in [1.82, 2.24) is 19.6 Å². The second-order valence-corrected chi connectivity index (χ2v) is 6.55. The second-order valence-electron chi connectivity index (χ2n) is 6.55. The van der Waals surface area contributed by atoms with Crippen molar-refractivity contribution in [1.29, 1.82) is 0 Å². The highest BCUT2D eigenvalue weighted by atomic mass is 16.7. The Balaban J connectivity index is 1.74. The van der Waals surface area contributed by atoms with Gasteiger partial charge < -0.3 is 9.31 Å². The first kappa shape index (κ1) is 14.3. The molecule has 2 aromatic heterocycles. The van der Waals surface area contributed by atoms with E-state index in [-0.39, 0.29) is 11.2 Å². The fourth-order valence-electron chi connectivity index (χ4n) is 2.30. The zero-order valence-corrected chi connectivity index (χ0v) is 13.2. The summed E-state index contributed by atoms with van der Waals surface area (Å²) in [4.78, 5) is 0. The van der Waals surface area contributed by atoms with E-state index in [2.05, 4.69) is 10.2 Å². The van der Waals surface area contributed by atoms with Gasteiger partial charge in [-0.25, -0.2) is 0 Å². The molecule has 0 saturated carbocycles. The van der Waals surface area contributed by atoms with E-state index < -0.39 is 7.12 Å². The molecule has 0 unspecified atom stereocenters. The van der Waals surface area contributed by atoms with Crippen LogP contribution in [-0.2, 0) is 22.9 Å². The Kier molecular flexibility index (Phi) is 3.22. The summed E-state index contributed by atoms with van der Waals surface area (Å²) in [5.41, 5.74) is 1.23. The van der Waals surface area contributed by atoms with Crippen molar-refractivity contribution < 1.29 is 9.31 Å². The molecule has 0 aliphatic carbocycles. The zero-order chi connectivity index (χ0) is 15.3. The van der Waals surface area contributed by atoms with Gasteiger partial charge in [0.2, 0.25) is 0 Å². The first-order valence-corrected chi connectivity index (χ1v) is 7.13. The number of aryl methyl sites for hydroxylation is 1. The summed E-state index contributed by atoms with van der Waals surface area (Å²) in [5.74, 6) is 0. The molecule has 1 fully saturated rings. The van der Waals surface area contributed by atoms with Gasteiger partial charge in [-0.05, 0) is 33.8 Å². The minimum Gasteiger partial charge on any atom is -0.398 e. The van der Waals surface area contributed by atoms with E-state index in [1.54, 1.807) is 4.68 Å². The van der Waals surface area contributed by atoms with Gasteiger partial charge in [0.15, 0.2) is 0 Å². The molecule has 21 heavy (non-hydrogen) atoms. The Morgan fingerprint density at radius 1 is 1.19 bits per heavy atom. The number of hydrogen-bond donors (Lipinski definition) is 0. The quantitative estimate of drug-likeness (QED) is 0.790. The smallest absolute Gasteiger partial charge is 0.398 e. The van der Waals surface area contributed by atoms with Crippen LogP contribution in [0.2, 0.25) is 0 Å². The number of aromatic nitrogens is 4. The first-order chi connectivity index (χ1) is 9.77. The van der Waals surface area contributed by atoms with Gasteiger partial charge in [0.05, 0.1) is 29.5 Å². The molecule has 0 radical (unpaired) electrons. The van der Waals surface area contributed by atoms with Crippen molar-refractivity contribution in [2.45, 2.75) is 45.4 Å². The van der Waals surface area contributed by atoms with E-state index in [4.69, 9.17) is 9.31 Å². The van der Waals surface area contributed by atoms with Crippen LogP contribution < -0.4 is 5.59 Å². The molecule has 7 heteroatoms. The highest BCUT2D eigenvalue weighted by molar-refractivity contribution is 6.61. The molecule has 0 amide bonds. The normalized spacial score (nSPS) is 20.1. The predicted octanol–water partition coefficient (Wildman–Crippen LogP) is 0.964. The van der Waals surface area contributed by atoms with E-state index in [9.17, 15) is 0 Å². The summed E-state index contributed by atoms with van der Waals surface area (Å²) in [6, 6.07) is 1.94. The monoisotopic (exact) mass is 288 g/mol. The van der Waals surface area contributed by atoms with Crippen LogP contribution in [0.25, 0.3) is 0 Å². The molecule has 0 aromatic carbocycles.